The van der Waals surface area contributed by atoms with E-state index in [9.17, 15) is 4.79 Å². The lowest BCUT2D eigenvalue weighted by atomic mass is 9.97. The van der Waals surface area contributed by atoms with Crippen LogP contribution in [0.25, 0.3) is 10.2 Å². The van der Waals surface area contributed by atoms with E-state index in [1.165, 1.54) is 11.3 Å². The van der Waals surface area contributed by atoms with Crippen LogP contribution in [-0.2, 0) is 4.79 Å². The van der Waals surface area contributed by atoms with Crippen molar-refractivity contribution in [2.24, 2.45) is 5.92 Å². The van der Waals surface area contributed by atoms with Gasteiger partial charge in [-0.1, -0.05) is 11.3 Å². The minimum atomic E-state index is -0.121. The minimum Gasteiger partial charge on any atom is -0.486 e. The van der Waals surface area contributed by atoms with Gasteiger partial charge in [0, 0.05) is 37.6 Å². The summed E-state index contributed by atoms with van der Waals surface area (Å²) in [5.41, 5.74) is 0.799. The SMILES string of the molecule is O=C(Nc1nc2cc3c(cc2s1)OCCO3)[C@@H]1CCCN(c2ncccn2)C1. The van der Waals surface area contributed by atoms with Crippen LogP contribution in [0, 0.1) is 5.92 Å². The zero-order valence-electron chi connectivity index (χ0n) is 15.1. The van der Waals surface area contributed by atoms with Gasteiger partial charge in [0.25, 0.3) is 0 Å². The number of hydrogen-bond donors (Lipinski definition) is 1. The van der Waals surface area contributed by atoms with Crippen molar-refractivity contribution in [3.8, 4) is 11.5 Å². The van der Waals surface area contributed by atoms with Crippen LogP contribution in [0.1, 0.15) is 12.8 Å². The number of nitrogens with zero attached hydrogens (tertiary/aromatic N) is 4. The highest BCUT2D eigenvalue weighted by molar-refractivity contribution is 7.22. The maximum atomic E-state index is 12.8. The first-order valence-electron chi connectivity index (χ1n) is 9.29. The lowest BCUT2D eigenvalue weighted by Gasteiger charge is -2.31. The number of rotatable bonds is 3. The summed E-state index contributed by atoms with van der Waals surface area (Å²) in [5, 5.41) is 3.58. The summed E-state index contributed by atoms with van der Waals surface area (Å²) in [6.45, 7) is 2.55. The van der Waals surface area contributed by atoms with Gasteiger partial charge in [-0.15, -0.1) is 0 Å². The molecule has 3 aromatic rings. The highest BCUT2D eigenvalue weighted by atomic mass is 32.1. The highest BCUT2D eigenvalue weighted by Gasteiger charge is 2.28. The molecule has 2 aliphatic heterocycles. The molecule has 1 N–H and O–H groups in total. The van der Waals surface area contributed by atoms with Gasteiger partial charge < -0.3 is 19.7 Å². The number of amides is 1. The lowest BCUT2D eigenvalue weighted by molar-refractivity contribution is -0.120. The number of hydrogen-bond acceptors (Lipinski definition) is 8. The average molecular weight is 397 g/mol. The van der Waals surface area contributed by atoms with E-state index < -0.39 is 0 Å². The number of anilines is 2. The molecule has 0 aliphatic carbocycles. The summed E-state index contributed by atoms with van der Waals surface area (Å²) in [7, 11) is 0. The standard InChI is InChI=1S/C19H19N5O3S/c25-17(12-3-1-6-24(11-12)18-20-4-2-5-21-18)23-19-22-13-9-14-15(10-16(13)28-19)27-8-7-26-14/h2,4-5,9-10,12H,1,3,6-8,11H2,(H,22,23,25)/t12-/m1/s1. The molecular formula is C19H19N5O3S. The van der Waals surface area contributed by atoms with Gasteiger partial charge in [0.15, 0.2) is 16.6 Å². The number of piperidine rings is 1. The van der Waals surface area contributed by atoms with Gasteiger partial charge in [-0.3, -0.25) is 4.79 Å². The van der Waals surface area contributed by atoms with Gasteiger partial charge >= 0.3 is 0 Å². The molecule has 9 heteroatoms. The van der Waals surface area contributed by atoms with Crippen LogP contribution < -0.4 is 19.7 Å². The Balaban J connectivity index is 1.31. The normalized spacial score (nSPS) is 18.9. The molecule has 4 heterocycles. The molecule has 0 bridgehead atoms. The molecule has 1 atom stereocenters. The summed E-state index contributed by atoms with van der Waals surface area (Å²) in [5.74, 6) is 1.96. The number of benzene rings is 1. The third-order valence-electron chi connectivity index (χ3n) is 4.91. The second-order valence-electron chi connectivity index (χ2n) is 6.81. The van der Waals surface area contributed by atoms with Crippen LogP contribution in [0.2, 0.25) is 0 Å². The van der Waals surface area contributed by atoms with Crippen LogP contribution in [-0.4, -0.2) is 47.2 Å². The van der Waals surface area contributed by atoms with Crippen molar-refractivity contribution in [2.45, 2.75) is 12.8 Å². The Kier molecular flexibility index (Phi) is 4.44. The molecule has 0 saturated carbocycles. The average Bonchev–Trinajstić information content (AvgIpc) is 3.13. The predicted molar refractivity (Wildman–Crippen MR) is 106 cm³/mol. The topological polar surface area (TPSA) is 89.5 Å². The molecule has 0 unspecified atom stereocenters. The van der Waals surface area contributed by atoms with Crippen LogP contribution in [0.4, 0.5) is 11.1 Å². The van der Waals surface area contributed by atoms with Crippen molar-refractivity contribution in [3.05, 3.63) is 30.6 Å². The molecule has 144 valence electrons. The monoisotopic (exact) mass is 397 g/mol. The van der Waals surface area contributed by atoms with Crippen molar-refractivity contribution in [1.82, 2.24) is 15.0 Å². The van der Waals surface area contributed by atoms with E-state index in [4.69, 9.17) is 9.47 Å². The summed E-state index contributed by atoms with van der Waals surface area (Å²) in [6.07, 6.45) is 5.22. The highest BCUT2D eigenvalue weighted by Crippen LogP contribution is 2.38. The van der Waals surface area contributed by atoms with E-state index in [1.54, 1.807) is 18.5 Å². The number of fused-ring (bicyclic) bond motifs is 2. The Bertz CT molecular complexity index is 966. The molecule has 2 aromatic heterocycles. The molecule has 1 aromatic carbocycles. The summed E-state index contributed by atoms with van der Waals surface area (Å²) < 4.78 is 12.2. The summed E-state index contributed by atoms with van der Waals surface area (Å²) in [4.78, 5) is 28.0. The maximum Gasteiger partial charge on any atom is 0.231 e. The maximum absolute atomic E-state index is 12.8. The molecule has 0 spiro atoms. The second kappa shape index (κ2) is 7.23. The van der Waals surface area contributed by atoms with Gasteiger partial charge in [-0.25, -0.2) is 15.0 Å². The first-order valence-corrected chi connectivity index (χ1v) is 10.1. The van der Waals surface area contributed by atoms with Crippen molar-refractivity contribution in [3.63, 3.8) is 0 Å². The van der Waals surface area contributed by atoms with Gasteiger partial charge in [0.05, 0.1) is 16.1 Å². The number of carbonyl (C=O) groups excluding carboxylic acids is 1. The molecule has 1 saturated heterocycles. The zero-order chi connectivity index (χ0) is 18.9. The van der Waals surface area contributed by atoms with Crippen LogP contribution in [0.5, 0.6) is 11.5 Å². The van der Waals surface area contributed by atoms with Crippen molar-refractivity contribution >= 4 is 38.5 Å². The Morgan fingerprint density at radius 3 is 2.79 bits per heavy atom. The molecule has 8 nitrogen and oxygen atoms in total. The molecule has 0 radical (unpaired) electrons. The second-order valence-corrected chi connectivity index (χ2v) is 7.84. The summed E-state index contributed by atoms with van der Waals surface area (Å²) >= 11 is 1.44. The van der Waals surface area contributed by atoms with E-state index in [-0.39, 0.29) is 11.8 Å². The quantitative estimate of drug-likeness (QED) is 0.727. The Morgan fingerprint density at radius 2 is 1.96 bits per heavy atom. The fourth-order valence-electron chi connectivity index (χ4n) is 3.55. The Morgan fingerprint density at radius 1 is 1.18 bits per heavy atom. The van der Waals surface area contributed by atoms with E-state index >= 15 is 0 Å². The van der Waals surface area contributed by atoms with E-state index in [0.717, 1.165) is 35.4 Å². The van der Waals surface area contributed by atoms with Crippen LogP contribution in [0.3, 0.4) is 0 Å². The van der Waals surface area contributed by atoms with Gasteiger partial charge in [0.2, 0.25) is 11.9 Å². The Hall–Kier alpha value is -2.94. The van der Waals surface area contributed by atoms with Crippen molar-refractivity contribution in [2.75, 3.05) is 36.5 Å². The third kappa shape index (κ3) is 3.33. The fraction of sp³-hybridized carbons (Fsp3) is 0.368. The van der Waals surface area contributed by atoms with Gasteiger partial charge in [-0.2, -0.15) is 0 Å². The van der Waals surface area contributed by atoms with E-state index in [1.807, 2.05) is 12.1 Å². The molecule has 5 rings (SSSR count). The molecule has 1 fully saturated rings. The zero-order valence-corrected chi connectivity index (χ0v) is 15.9. The smallest absolute Gasteiger partial charge is 0.231 e. The molecular weight excluding hydrogens is 378 g/mol. The van der Waals surface area contributed by atoms with Crippen molar-refractivity contribution in [1.29, 1.82) is 0 Å². The Labute approximate surface area is 165 Å². The van der Waals surface area contributed by atoms with E-state index in [0.29, 0.717) is 36.6 Å². The number of aromatic nitrogens is 3. The summed E-state index contributed by atoms with van der Waals surface area (Å²) in [6, 6.07) is 5.58. The number of nitrogens with one attached hydrogen (secondary N) is 1. The van der Waals surface area contributed by atoms with Crippen molar-refractivity contribution < 1.29 is 14.3 Å². The van der Waals surface area contributed by atoms with Gasteiger partial charge in [0.1, 0.15) is 13.2 Å². The minimum absolute atomic E-state index is 0.0167. The fourth-order valence-corrected chi connectivity index (χ4v) is 4.43. The number of ether oxygens (including phenoxy) is 2. The van der Waals surface area contributed by atoms with Gasteiger partial charge in [-0.05, 0) is 18.9 Å². The third-order valence-corrected chi connectivity index (χ3v) is 5.84. The number of carbonyl (C=O) groups is 1. The van der Waals surface area contributed by atoms with Crippen LogP contribution in [0.15, 0.2) is 30.6 Å². The predicted octanol–water partition coefficient (Wildman–Crippen LogP) is 2.71. The van der Waals surface area contributed by atoms with E-state index in [2.05, 4.69) is 25.2 Å². The van der Waals surface area contributed by atoms with Crippen LogP contribution >= 0.6 is 11.3 Å². The largest absolute Gasteiger partial charge is 0.486 e. The molecule has 2 aliphatic rings. The first-order chi connectivity index (χ1) is 13.8. The first kappa shape index (κ1) is 17.2. The molecule has 28 heavy (non-hydrogen) atoms. The lowest BCUT2D eigenvalue weighted by Crippen LogP contribution is -2.41. The number of thiazole rings is 1. The molecule has 1 amide bonds.